The van der Waals surface area contributed by atoms with Crippen molar-refractivity contribution in [3.8, 4) is 0 Å². The standard InChI is InChI=1S/C15H11F3N2O/c16-15(17,18)12-5-7-19-9-13(12)20-8-6-10-3-1-2-4-11(10)14(20)21/h1-5,7,9H,6,8H2. The third-order valence-electron chi connectivity index (χ3n) is 3.49. The Kier molecular flexibility index (Phi) is 3.16. The van der Waals surface area contributed by atoms with Gasteiger partial charge >= 0.3 is 6.18 Å². The SMILES string of the molecule is O=C1c2ccccc2CCN1c1cnccc1C(F)(F)F. The molecule has 2 heterocycles. The maximum absolute atomic E-state index is 13.1. The second kappa shape index (κ2) is 4.87. The quantitative estimate of drug-likeness (QED) is 0.808. The van der Waals surface area contributed by atoms with Gasteiger partial charge in [-0.25, -0.2) is 0 Å². The molecule has 0 atom stereocenters. The van der Waals surface area contributed by atoms with Gasteiger partial charge in [-0.2, -0.15) is 13.2 Å². The van der Waals surface area contributed by atoms with Gasteiger partial charge in [-0.15, -0.1) is 0 Å². The van der Waals surface area contributed by atoms with Gasteiger partial charge in [0.25, 0.3) is 5.91 Å². The number of carbonyl (C=O) groups excluding carboxylic acids is 1. The van der Waals surface area contributed by atoms with Crippen LogP contribution in [-0.2, 0) is 12.6 Å². The Hall–Kier alpha value is -2.37. The summed E-state index contributed by atoms with van der Waals surface area (Å²) in [6.45, 7) is 0.213. The summed E-state index contributed by atoms with van der Waals surface area (Å²) in [6.07, 6.45) is -1.83. The van der Waals surface area contributed by atoms with Gasteiger partial charge in [-0.05, 0) is 24.1 Å². The number of carbonyl (C=O) groups is 1. The topological polar surface area (TPSA) is 33.2 Å². The van der Waals surface area contributed by atoms with Crippen molar-refractivity contribution in [2.24, 2.45) is 0 Å². The maximum Gasteiger partial charge on any atom is 0.418 e. The minimum absolute atomic E-state index is 0.190. The molecule has 108 valence electrons. The van der Waals surface area contributed by atoms with E-state index in [4.69, 9.17) is 0 Å². The molecule has 1 amide bonds. The van der Waals surface area contributed by atoms with Crippen LogP contribution in [-0.4, -0.2) is 17.4 Å². The third-order valence-corrected chi connectivity index (χ3v) is 3.49. The molecule has 0 aliphatic carbocycles. The minimum atomic E-state index is -4.52. The Morgan fingerprint density at radius 1 is 1.14 bits per heavy atom. The van der Waals surface area contributed by atoms with Gasteiger partial charge in [-0.1, -0.05) is 18.2 Å². The molecular weight excluding hydrogens is 281 g/mol. The fraction of sp³-hybridized carbons (Fsp3) is 0.200. The number of aromatic nitrogens is 1. The smallest absolute Gasteiger partial charge is 0.306 e. The number of amides is 1. The molecule has 6 heteroatoms. The monoisotopic (exact) mass is 292 g/mol. The van der Waals surface area contributed by atoms with Gasteiger partial charge in [0.15, 0.2) is 0 Å². The van der Waals surface area contributed by atoms with Crippen LogP contribution in [0.1, 0.15) is 21.5 Å². The molecule has 1 aromatic heterocycles. The van der Waals surface area contributed by atoms with Gasteiger partial charge < -0.3 is 4.90 Å². The van der Waals surface area contributed by atoms with Gasteiger partial charge in [0.2, 0.25) is 0 Å². The molecule has 1 aliphatic rings. The first-order chi connectivity index (χ1) is 9.98. The van der Waals surface area contributed by atoms with Crippen molar-refractivity contribution in [2.45, 2.75) is 12.6 Å². The molecule has 3 rings (SSSR count). The summed E-state index contributed by atoms with van der Waals surface area (Å²) in [4.78, 5) is 17.3. The van der Waals surface area contributed by atoms with E-state index in [1.165, 1.54) is 0 Å². The lowest BCUT2D eigenvalue weighted by Gasteiger charge is -2.30. The fourth-order valence-corrected chi connectivity index (χ4v) is 2.50. The zero-order valence-corrected chi connectivity index (χ0v) is 10.9. The highest BCUT2D eigenvalue weighted by molar-refractivity contribution is 6.08. The summed E-state index contributed by atoms with van der Waals surface area (Å²) in [5.41, 5.74) is 0.270. The second-order valence-electron chi connectivity index (χ2n) is 4.75. The van der Waals surface area contributed by atoms with Gasteiger partial charge in [0, 0.05) is 18.3 Å². The highest BCUT2D eigenvalue weighted by Crippen LogP contribution is 2.37. The van der Waals surface area contributed by atoms with Gasteiger partial charge in [0.1, 0.15) is 0 Å². The normalized spacial score (nSPS) is 15.0. The summed E-state index contributed by atoms with van der Waals surface area (Å²) in [5, 5.41) is 0. The lowest BCUT2D eigenvalue weighted by Crippen LogP contribution is -2.38. The molecule has 3 nitrogen and oxygen atoms in total. The van der Waals surface area contributed by atoms with E-state index in [1.54, 1.807) is 12.1 Å². The van der Waals surface area contributed by atoms with Crippen molar-refractivity contribution in [2.75, 3.05) is 11.4 Å². The van der Waals surface area contributed by atoms with Crippen LogP contribution in [0.15, 0.2) is 42.7 Å². The molecule has 0 saturated heterocycles. The van der Waals surface area contributed by atoms with Gasteiger partial charge in [0.05, 0.1) is 17.4 Å². The van der Waals surface area contributed by atoms with Crippen molar-refractivity contribution < 1.29 is 18.0 Å². The first-order valence-corrected chi connectivity index (χ1v) is 6.39. The van der Waals surface area contributed by atoms with Crippen LogP contribution in [0.2, 0.25) is 0 Å². The second-order valence-corrected chi connectivity index (χ2v) is 4.75. The van der Waals surface area contributed by atoms with E-state index >= 15 is 0 Å². The number of nitrogens with zero attached hydrogens (tertiary/aromatic N) is 2. The number of fused-ring (bicyclic) bond motifs is 1. The lowest BCUT2D eigenvalue weighted by atomic mass is 9.98. The molecule has 21 heavy (non-hydrogen) atoms. The number of rotatable bonds is 1. The van der Waals surface area contributed by atoms with E-state index in [2.05, 4.69) is 4.98 Å². The van der Waals surface area contributed by atoms with Crippen molar-refractivity contribution in [1.82, 2.24) is 4.98 Å². The van der Waals surface area contributed by atoms with Crippen molar-refractivity contribution in [1.29, 1.82) is 0 Å². The fourth-order valence-electron chi connectivity index (χ4n) is 2.50. The average Bonchev–Trinajstić information content (AvgIpc) is 2.47. The largest absolute Gasteiger partial charge is 0.418 e. The highest BCUT2D eigenvalue weighted by atomic mass is 19.4. The zero-order valence-electron chi connectivity index (χ0n) is 10.9. The molecule has 0 bridgehead atoms. The summed E-state index contributed by atoms with van der Waals surface area (Å²) >= 11 is 0. The van der Waals surface area contributed by atoms with E-state index in [0.29, 0.717) is 12.0 Å². The first-order valence-electron chi connectivity index (χ1n) is 6.39. The Labute approximate surface area is 119 Å². The number of pyridine rings is 1. The van der Waals surface area contributed by atoms with Crippen LogP contribution in [0, 0.1) is 0 Å². The summed E-state index contributed by atoms with van der Waals surface area (Å²) in [6, 6.07) is 7.86. The van der Waals surface area contributed by atoms with E-state index < -0.39 is 17.6 Å². The third kappa shape index (κ3) is 2.37. The van der Waals surface area contributed by atoms with E-state index in [9.17, 15) is 18.0 Å². The molecule has 0 saturated carbocycles. The van der Waals surface area contributed by atoms with Crippen molar-refractivity contribution >= 4 is 11.6 Å². The Morgan fingerprint density at radius 2 is 1.90 bits per heavy atom. The average molecular weight is 292 g/mol. The molecule has 0 N–H and O–H groups in total. The molecule has 0 radical (unpaired) electrons. The predicted octanol–water partition coefficient (Wildman–Crippen LogP) is 3.30. The Morgan fingerprint density at radius 3 is 2.67 bits per heavy atom. The first kappa shape index (κ1) is 13.6. The molecule has 1 aromatic carbocycles. The van der Waals surface area contributed by atoms with Crippen LogP contribution in [0.4, 0.5) is 18.9 Å². The molecule has 0 unspecified atom stereocenters. The Bertz CT molecular complexity index is 697. The molecule has 0 fully saturated rings. The minimum Gasteiger partial charge on any atom is -0.306 e. The number of halogens is 3. The molecule has 2 aromatic rings. The van der Waals surface area contributed by atoms with Crippen LogP contribution in [0.25, 0.3) is 0 Å². The van der Waals surface area contributed by atoms with Crippen LogP contribution < -0.4 is 4.90 Å². The molecule has 0 spiro atoms. The summed E-state index contributed by atoms with van der Waals surface area (Å²) in [5.74, 6) is -0.421. The van der Waals surface area contributed by atoms with Gasteiger partial charge in [-0.3, -0.25) is 9.78 Å². The highest BCUT2D eigenvalue weighted by Gasteiger charge is 2.37. The number of benzene rings is 1. The van der Waals surface area contributed by atoms with Crippen LogP contribution >= 0.6 is 0 Å². The molecular formula is C15H11F3N2O. The number of alkyl halides is 3. The van der Waals surface area contributed by atoms with Crippen molar-refractivity contribution in [3.05, 3.63) is 59.4 Å². The van der Waals surface area contributed by atoms with Crippen LogP contribution in [0.5, 0.6) is 0 Å². The van der Waals surface area contributed by atoms with E-state index in [-0.39, 0.29) is 12.2 Å². The molecule has 1 aliphatic heterocycles. The maximum atomic E-state index is 13.1. The summed E-state index contributed by atoms with van der Waals surface area (Å²) < 4.78 is 39.2. The number of anilines is 1. The van der Waals surface area contributed by atoms with Crippen molar-refractivity contribution in [3.63, 3.8) is 0 Å². The number of hydrogen-bond donors (Lipinski definition) is 0. The Balaban J connectivity index is 2.06. The lowest BCUT2D eigenvalue weighted by molar-refractivity contribution is -0.137. The summed E-state index contributed by atoms with van der Waals surface area (Å²) in [7, 11) is 0. The predicted molar refractivity (Wildman–Crippen MR) is 71.1 cm³/mol. The van der Waals surface area contributed by atoms with E-state index in [0.717, 1.165) is 28.9 Å². The zero-order chi connectivity index (χ0) is 15.0. The number of hydrogen-bond acceptors (Lipinski definition) is 2. The van der Waals surface area contributed by atoms with E-state index in [1.807, 2.05) is 12.1 Å². The van der Waals surface area contributed by atoms with Crippen LogP contribution in [0.3, 0.4) is 0 Å².